The van der Waals surface area contributed by atoms with Gasteiger partial charge in [0.1, 0.15) is 5.75 Å². The molecule has 1 rings (SSSR count). The Balaban J connectivity index is 2.77. The molecular weight excluding hydrogens is 206 g/mol. The summed E-state index contributed by atoms with van der Waals surface area (Å²) < 4.78 is 5.17. The number of methoxy groups -OCH3 is 1. The van der Waals surface area contributed by atoms with Gasteiger partial charge < -0.3 is 10.5 Å². The minimum Gasteiger partial charge on any atom is -0.497 e. The summed E-state index contributed by atoms with van der Waals surface area (Å²) in [5, 5.41) is 0.511. The first-order valence-electron chi connectivity index (χ1n) is 5.22. The molecule has 1 atom stereocenters. The van der Waals surface area contributed by atoms with Gasteiger partial charge in [0.25, 0.3) is 0 Å². The Morgan fingerprint density at radius 2 is 2.20 bits per heavy atom. The van der Waals surface area contributed by atoms with Gasteiger partial charge in [-0.25, -0.2) is 0 Å². The van der Waals surface area contributed by atoms with E-state index in [1.165, 1.54) is 10.5 Å². The molecule has 84 valence electrons. The fourth-order valence-electron chi connectivity index (χ4n) is 1.36. The summed E-state index contributed by atoms with van der Waals surface area (Å²) in [7, 11) is 1.69. The molecule has 0 bridgehead atoms. The van der Waals surface area contributed by atoms with Crippen LogP contribution in [0.2, 0.25) is 0 Å². The minimum atomic E-state index is 0.511. The zero-order chi connectivity index (χ0) is 11.3. The quantitative estimate of drug-likeness (QED) is 0.783. The second-order valence-electron chi connectivity index (χ2n) is 3.52. The Morgan fingerprint density at radius 3 is 2.67 bits per heavy atom. The van der Waals surface area contributed by atoms with Gasteiger partial charge in [0.05, 0.1) is 7.11 Å². The van der Waals surface area contributed by atoms with E-state index in [-0.39, 0.29) is 0 Å². The number of hydrogen-bond acceptors (Lipinski definition) is 3. The van der Waals surface area contributed by atoms with Crippen molar-refractivity contribution in [1.29, 1.82) is 0 Å². The highest BCUT2D eigenvalue weighted by atomic mass is 32.2. The molecule has 0 fully saturated rings. The number of hydrogen-bond donors (Lipinski definition) is 1. The van der Waals surface area contributed by atoms with Crippen LogP contribution in [-0.4, -0.2) is 18.9 Å². The van der Waals surface area contributed by atoms with Gasteiger partial charge in [-0.1, -0.05) is 6.92 Å². The van der Waals surface area contributed by atoms with Crippen molar-refractivity contribution in [2.45, 2.75) is 30.4 Å². The van der Waals surface area contributed by atoms with Crippen LogP contribution in [0, 0.1) is 6.92 Å². The second kappa shape index (κ2) is 6.03. The zero-order valence-electron chi connectivity index (χ0n) is 9.62. The number of rotatable bonds is 5. The largest absolute Gasteiger partial charge is 0.497 e. The lowest BCUT2D eigenvalue weighted by Gasteiger charge is -2.14. The van der Waals surface area contributed by atoms with E-state index < -0.39 is 0 Å². The van der Waals surface area contributed by atoms with Gasteiger partial charge in [0, 0.05) is 16.7 Å². The van der Waals surface area contributed by atoms with Gasteiger partial charge in [0.2, 0.25) is 0 Å². The SMILES string of the molecule is CCC(CN)Sc1ccc(OC)cc1C. The third kappa shape index (κ3) is 3.43. The molecule has 0 saturated heterocycles. The molecule has 0 aliphatic heterocycles. The summed E-state index contributed by atoms with van der Waals surface area (Å²) in [5.41, 5.74) is 6.95. The van der Waals surface area contributed by atoms with Crippen LogP contribution >= 0.6 is 11.8 Å². The van der Waals surface area contributed by atoms with Crippen molar-refractivity contribution in [2.75, 3.05) is 13.7 Å². The van der Waals surface area contributed by atoms with Crippen molar-refractivity contribution < 1.29 is 4.74 Å². The van der Waals surface area contributed by atoms with Gasteiger partial charge in [-0.3, -0.25) is 0 Å². The Kier molecular flexibility index (Phi) is 4.99. The Bertz CT molecular complexity index is 310. The predicted octanol–water partition coefficient (Wildman–Crippen LogP) is 2.83. The first-order valence-corrected chi connectivity index (χ1v) is 6.10. The van der Waals surface area contributed by atoms with E-state index in [0.29, 0.717) is 5.25 Å². The van der Waals surface area contributed by atoms with Gasteiger partial charge >= 0.3 is 0 Å². The molecule has 0 saturated carbocycles. The molecule has 0 amide bonds. The molecule has 2 N–H and O–H groups in total. The molecule has 0 aromatic heterocycles. The molecule has 3 heteroatoms. The predicted molar refractivity (Wildman–Crippen MR) is 66.7 cm³/mol. The Hall–Kier alpha value is -0.670. The molecule has 0 radical (unpaired) electrons. The van der Waals surface area contributed by atoms with Crippen LogP contribution in [0.25, 0.3) is 0 Å². The molecule has 1 aromatic rings. The molecule has 0 aliphatic rings. The maximum absolute atomic E-state index is 5.69. The van der Waals surface area contributed by atoms with E-state index in [0.717, 1.165) is 18.7 Å². The fourth-order valence-corrected chi connectivity index (χ4v) is 2.37. The summed E-state index contributed by atoms with van der Waals surface area (Å²) in [5.74, 6) is 0.914. The van der Waals surface area contributed by atoms with Crippen LogP contribution in [0.15, 0.2) is 23.1 Å². The lowest BCUT2D eigenvalue weighted by atomic mass is 10.2. The van der Waals surface area contributed by atoms with Gasteiger partial charge in [0.15, 0.2) is 0 Å². The van der Waals surface area contributed by atoms with Crippen LogP contribution in [0.4, 0.5) is 0 Å². The van der Waals surface area contributed by atoms with Gasteiger partial charge in [-0.05, 0) is 37.1 Å². The van der Waals surface area contributed by atoms with E-state index in [2.05, 4.69) is 26.0 Å². The molecular formula is C12H19NOS. The van der Waals surface area contributed by atoms with Crippen molar-refractivity contribution >= 4 is 11.8 Å². The monoisotopic (exact) mass is 225 g/mol. The number of aryl methyl sites for hydroxylation is 1. The van der Waals surface area contributed by atoms with Crippen LogP contribution in [0.3, 0.4) is 0 Å². The summed E-state index contributed by atoms with van der Waals surface area (Å²) in [6, 6.07) is 6.17. The van der Waals surface area contributed by atoms with Crippen molar-refractivity contribution in [3.63, 3.8) is 0 Å². The molecule has 2 nitrogen and oxygen atoms in total. The van der Waals surface area contributed by atoms with Gasteiger partial charge in [-0.15, -0.1) is 11.8 Å². The number of nitrogens with two attached hydrogens (primary N) is 1. The van der Waals surface area contributed by atoms with Crippen molar-refractivity contribution in [3.05, 3.63) is 23.8 Å². The van der Waals surface area contributed by atoms with Crippen molar-refractivity contribution in [2.24, 2.45) is 5.73 Å². The summed E-state index contributed by atoms with van der Waals surface area (Å²) in [6.45, 7) is 5.00. The summed E-state index contributed by atoms with van der Waals surface area (Å²) >= 11 is 1.85. The number of thioether (sulfide) groups is 1. The van der Waals surface area contributed by atoms with Gasteiger partial charge in [-0.2, -0.15) is 0 Å². The van der Waals surface area contributed by atoms with Crippen LogP contribution in [0.1, 0.15) is 18.9 Å². The first-order chi connectivity index (χ1) is 7.21. The third-order valence-electron chi connectivity index (χ3n) is 2.39. The molecule has 0 heterocycles. The molecule has 1 unspecified atom stereocenters. The topological polar surface area (TPSA) is 35.2 Å². The van der Waals surface area contributed by atoms with E-state index in [9.17, 15) is 0 Å². The molecule has 1 aromatic carbocycles. The maximum Gasteiger partial charge on any atom is 0.119 e. The Labute approximate surface area is 96.2 Å². The Morgan fingerprint density at radius 1 is 1.47 bits per heavy atom. The average Bonchev–Trinajstić information content (AvgIpc) is 2.27. The third-order valence-corrected chi connectivity index (χ3v) is 3.97. The molecule has 15 heavy (non-hydrogen) atoms. The summed E-state index contributed by atoms with van der Waals surface area (Å²) in [6.07, 6.45) is 1.10. The van der Waals surface area contributed by atoms with Crippen LogP contribution in [-0.2, 0) is 0 Å². The fraction of sp³-hybridized carbons (Fsp3) is 0.500. The minimum absolute atomic E-state index is 0.511. The highest BCUT2D eigenvalue weighted by Crippen LogP contribution is 2.30. The summed E-state index contributed by atoms with van der Waals surface area (Å²) in [4.78, 5) is 1.30. The highest BCUT2D eigenvalue weighted by Gasteiger charge is 2.08. The number of ether oxygens (including phenoxy) is 1. The standard InChI is InChI=1S/C12H19NOS/c1-4-11(8-13)15-12-6-5-10(14-3)7-9(12)2/h5-7,11H,4,8,13H2,1-3H3. The lowest BCUT2D eigenvalue weighted by Crippen LogP contribution is -2.15. The highest BCUT2D eigenvalue weighted by molar-refractivity contribution is 8.00. The van der Waals surface area contributed by atoms with E-state index in [1.807, 2.05) is 17.8 Å². The average molecular weight is 225 g/mol. The smallest absolute Gasteiger partial charge is 0.119 e. The van der Waals surface area contributed by atoms with Crippen molar-refractivity contribution in [1.82, 2.24) is 0 Å². The van der Waals surface area contributed by atoms with E-state index >= 15 is 0 Å². The van der Waals surface area contributed by atoms with E-state index in [1.54, 1.807) is 7.11 Å². The zero-order valence-corrected chi connectivity index (χ0v) is 10.4. The second-order valence-corrected chi connectivity index (χ2v) is 4.86. The van der Waals surface area contributed by atoms with Crippen LogP contribution < -0.4 is 10.5 Å². The van der Waals surface area contributed by atoms with E-state index in [4.69, 9.17) is 10.5 Å². The van der Waals surface area contributed by atoms with Crippen LogP contribution in [0.5, 0.6) is 5.75 Å². The normalized spacial score (nSPS) is 12.5. The molecule has 0 spiro atoms. The maximum atomic E-state index is 5.69. The molecule has 0 aliphatic carbocycles. The first kappa shape index (κ1) is 12.4. The number of benzene rings is 1. The van der Waals surface area contributed by atoms with Crippen molar-refractivity contribution in [3.8, 4) is 5.75 Å². The lowest BCUT2D eigenvalue weighted by molar-refractivity contribution is 0.414.